The lowest BCUT2D eigenvalue weighted by molar-refractivity contribution is 0.970. The van der Waals surface area contributed by atoms with Crippen molar-refractivity contribution in [2.45, 2.75) is 16.3 Å². The second-order valence-corrected chi connectivity index (χ2v) is 5.89. The van der Waals surface area contributed by atoms with Crippen LogP contribution in [0.4, 0.5) is 10.8 Å². The molecule has 0 radical (unpaired) electrons. The van der Waals surface area contributed by atoms with Gasteiger partial charge in [-0.15, -0.1) is 10.2 Å². The molecule has 0 aliphatic heterocycles. The molecule has 2 N–H and O–H groups in total. The SMILES string of the molecule is Cc1ccnc(Sc2nnc(N(C)C)s2)c1N. The minimum atomic E-state index is 0.708. The first-order valence-electron chi connectivity index (χ1n) is 4.97. The summed E-state index contributed by atoms with van der Waals surface area (Å²) in [6.07, 6.45) is 1.75. The van der Waals surface area contributed by atoms with Crippen LogP contribution in [0.3, 0.4) is 0 Å². The number of anilines is 2. The number of pyridine rings is 1. The lowest BCUT2D eigenvalue weighted by atomic mass is 10.3. The van der Waals surface area contributed by atoms with Crippen LogP contribution in [0, 0.1) is 6.92 Å². The Labute approximate surface area is 108 Å². The van der Waals surface area contributed by atoms with Gasteiger partial charge >= 0.3 is 0 Å². The van der Waals surface area contributed by atoms with E-state index in [1.54, 1.807) is 6.20 Å². The summed E-state index contributed by atoms with van der Waals surface area (Å²) in [7, 11) is 3.88. The number of rotatable bonds is 3. The van der Waals surface area contributed by atoms with Gasteiger partial charge in [0.25, 0.3) is 0 Å². The van der Waals surface area contributed by atoms with E-state index in [-0.39, 0.29) is 0 Å². The Morgan fingerprint density at radius 2 is 2.12 bits per heavy atom. The van der Waals surface area contributed by atoms with Gasteiger partial charge in [0.05, 0.1) is 5.69 Å². The summed E-state index contributed by atoms with van der Waals surface area (Å²) < 4.78 is 0.846. The normalized spacial score (nSPS) is 10.5. The highest BCUT2D eigenvalue weighted by atomic mass is 32.2. The molecule has 0 unspecified atom stereocenters. The van der Waals surface area contributed by atoms with Crippen molar-refractivity contribution >= 4 is 33.9 Å². The maximum absolute atomic E-state index is 5.96. The van der Waals surface area contributed by atoms with Crippen molar-refractivity contribution in [3.8, 4) is 0 Å². The lowest BCUT2D eigenvalue weighted by Gasteiger charge is -2.04. The van der Waals surface area contributed by atoms with Crippen LogP contribution in [-0.2, 0) is 0 Å². The molecule has 0 amide bonds. The van der Waals surface area contributed by atoms with Crippen LogP contribution in [0.2, 0.25) is 0 Å². The lowest BCUT2D eigenvalue weighted by Crippen LogP contribution is -2.07. The quantitative estimate of drug-likeness (QED) is 0.918. The highest BCUT2D eigenvalue weighted by Crippen LogP contribution is 2.35. The molecule has 0 aliphatic carbocycles. The van der Waals surface area contributed by atoms with Gasteiger partial charge < -0.3 is 10.6 Å². The average Bonchev–Trinajstić information content (AvgIpc) is 2.73. The Morgan fingerprint density at radius 3 is 2.76 bits per heavy atom. The minimum Gasteiger partial charge on any atom is -0.396 e. The van der Waals surface area contributed by atoms with Crippen molar-refractivity contribution in [1.82, 2.24) is 15.2 Å². The summed E-state index contributed by atoms with van der Waals surface area (Å²) in [5.41, 5.74) is 7.69. The van der Waals surface area contributed by atoms with Crippen molar-refractivity contribution in [1.29, 1.82) is 0 Å². The van der Waals surface area contributed by atoms with Crippen LogP contribution < -0.4 is 10.6 Å². The molecule has 7 heteroatoms. The van der Waals surface area contributed by atoms with Crippen molar-refractivity contribution in [3.05, 3.63) is 17.8 Å². The first-order valence-corrected chi connectivity index (χ1v) is 6.61. The van der Waals surface area contributed by atoms with Crippen molar-refractivity contribution < 1.29 is 0 Å². The third-order valence-electron chi connectivity index (χ3n) is 2.13. The van der Waals surface area contributed by atoms with Crippen molar-refractivity contribution in [3.63, 3.8) is 0 Å². The molecular weight excluding hydrogens is 254 g/mol. The smallest absolute Gasteiger partial charge is 0.208 e. The maximum atomic E-state index is 5.96. The van der Waals surface area contributed by atoms with E-state index in [0.717, 1.165) is 20.1 Å². The second-order valence-electron chi connectivity index (χ2n) is 3.69. The molecule has 0 aliphatic rings. The first kappa shape index (κ1) is 12.1. The van der Waals surface area contributed by atoms with E-state index in [0.29, 0.717) is 5.69 Å². The largest absolute Gasteiger partial charge is 0.396 e. The topological polar surface area (TPSA) is 67.9 Å². The molecule has 90 valence electrons. The van der Waals surface area contributed by atoms with E-state index in [2.05, 4.69) is 15.2 Å². The highest BCUT2D eigenvalue weighted by molar-refractivity contribution is 8.01. The van der Waals surface area contributed by atoms with Crippen molar-refractivity contribution in [2.24, 2.45) is 0 Å². The van der Waals surface area contributed by atoms with E-state index in [4.69, 9.17) is 5.73 Å². The summed E-state index contributed by atoms with van der Waals surface area (Å²) in [6, 6.07) is 1.89. The monoisotopic (exact) mass is 267 g/mol. The molecule has 0 fully saturated rings. The van der Waals surface area contributed by atoms with Gasteiger partial charge in [0.1, 0.15) is 5.03 Å². The van der Waals surface area contributed by atoms with Crippen LogP contribution in [-0.4, -0.2) is 29.3 Å². The van der Waals surface area contributed by atoms with E-state index < -0.39 is 0 Å². The maximum Gasteiger partial charge on any atom is 0.208 e. The summed E-state index contributed by atoms with van der Waals surface area (Å²) >= 11 is 2.97. The van der Waals surface area contributed by atoms with Crippen LogP contribution in [0.1, 0.15) is 5.56 Å². The van der Waals surface area contributed by atoms with Crippen molar-refractivity contribution in [2.75, 3.05) is 24.7 Å². The van der Waals surface area contributed by atoms with E-state index in [1.807, 2.05) is 32.0 Å². The number of nitrogen functional groups attached to an aromatic ring is 1. The number of aryl methyl sites for hydroxylation is 1. The molecule has 0 atom stereocenters. The molecule has 0 spiro atoms. The third-order valence-corrected chi connectivity index (χ3v) is 4.29. The Kier molecular flexibility index (Phi) is 3.49. The van der Waals surface area contributed by atoms with Gasteiger partial charge in [0.2, 0.25) is 5.13 Å². The molecule has 2 aromatic heterocycles. The fraction of sp³-hybridized carbons (Fsp3) is 0.300. The predicted octanol–water partition coefficient (Wildman–Crippen LogP) is 2.04. The number of nitrogens with zero attached hydrogens (tertiary/aromatic N) is 4. The Bertz CT molecular complexity index is 523. The Hall–Kier alpha value is -1.34. The first-order chi connectivity index (χ1) is 8.08. The van der Waals surface area contributed by atoms with Crippen LogP contribution >= 0.6 is 23.1 Å². The van der Waals surface area contributed by atoms with Gasteiger partial charge in [0, 0.05) is 20.3 Å². The Balaban J connectivity index is 2.22. The zero-order valence-corrected chi connectivity index (χ0v) is 11.5. The summed E-state index contributed by atoms with van der Waals surface area (Å²) in [6.45, 7) is 1.96. The molecule has 0 bridgehead atoms. The molecule has 2 aromatic rings. The fourth-order valence-electron chi connectivity index (χ4n) is 1.13. The summed E-state index contributed by atoms with van der Waals surface area (Å²) in [5, 5.41) is 9.82. The zero-order valence-electron chi connectivity index (χ0n) is 9.84. The molecule has 0 aromatic carbocycles. The van der Waals surface area contributed by atoms with Crippen LogP contribution in [0.25, 0.3) is 0 Å². The van der Waals surface area contributed by atoms with E-state index >= 15 is 0 Å². The molecule has 5 nitrogen and oxygen atoms in total. The van der Waals surface area contributed by atoms with Gasteiger partial charge in [-0.25, -0.2) is 4.98 Å². The summed E-state index contributed by atoms with van der Waals surface area (Å²) in [5.74, 6) is 0. The van der Waals surface area contributed by atoms with Crippen LogP contribution in [0.15, 0.2) is 21.6 Å². The number of hydrogen-bond acceptors (Lipinski definition) is 7. The van der Waals surface area contributed by atoms with Gasteiger partial charge in [-0.1, -0.05) is 11.3 Å². The van der Waals surface area contributed by atoms with E-state index in [9.17, 15) is 0 Å². The number of hydrogen-bond donors (Lipinski definition) is 1. The van der Waals surface area contributed by atoms with Crippen LogP contribution in [0.5, 0.6) is 0 Å². The minimum absolute atomic E-state index is 0.708. The molecule has 2 heterocycles. The molecule has 0 saturated carbocycles. The number of aromatic nitrogens is 3. The van der Waals surface area contributed by atoms with Gasteiger partial charge in [-0.05, 0) is 30.3 Å². The highest BCUT2D eigenvalue weighted by Gasteiger charge is 2.11. The molecule has 0 saturated heterocycles. The Morgan fingerprint density at radius 1 is 1.35 bits per heavy atom. The standard InChI is InChI=1S/C10H13N5S2/c1-6-4-5-12-8(7(6)11)16-10-14-13-9(17-10)15(2)3/h4-5H,11H2,1-3H3. The zero-order chi connectivity index (χ0) is 12.4. The molecule has 17 heavy (non-hydrogen) atoms. The summed E-state index contributed by atoms with van der Waals surface area (Å²) in [4.78, 5) is 6.18. The fourth-order valence-corrected chi connectivity index (χ4v) is 2.89. The number of nitrogens with two attached hydrogens (primary N) is 1. The molecular formula is C10H13N5S2. The van der Waals surface area contributed by atoms with Gasteiger partial charge in [-0.2, -0.15) is 0 Å². The average molecular weight is 267 g/mol. The van der Waals surface area contributed by atoms with Gasteiger partial charge in [-0.3, -0.25) is 0 Å². The third kappa shape index (κ3) is 2.67. The predicted molar refractivity (Wildman–Crippen MR) is 71.7 cm³/mol. The molecule has 2 rings (SSSR count). The second kappa shape index (κ2) is 4.89. The van der Waals surface area contributed by atoms with E-state index in [1.165, 1.54) is 23.1 Å². The van der Waals surface area contributed by atoms with Gasteiger partial charge in [0.15, 0.2) is 4.34 Å².